The monoisotopic (exact) mass is 451 g/mol. The van der Waals surface area contributed by atoms with Crippen LogP contribution in [0, 0.1) is 11.2 Å². The molecular formula is C23H35ClFN5O. The molecule has 2 aliphatic heterocycles. The van der Waals surface area contributed by atoms with E-state index >= 15 is 0 Å². The van der Waals surface area contributed by atoms with Gasteiger partial charge in [-0.2, -0.15) is 0 Å². The lowest BCUT2D eigenvalue weighted by atomic mass is 10.0. The van der Waals surface area contributed by atoms with Crippen molar-refractivity contribution >= 4 is 29.9 Å². The van der Waals surface area contributed by atoms with E-state index in [1.165, 1.54) is 38.2 Å². The van der Waals surface area contributed by atoms with Crippen LogP contribution in [-0.2, 0) is 11.3 Å². The summed E-state index contributed by atoms with van der Waals surface area (Å²) in [7, 11) is 0. The van der Waals surface area contributed by atoms with Crippen LogP contribution < -0.4 is 5.73 Å². The van der Waals surface area contributed by atoms with Gasteiger partial charge in [-0.15, -0.1) is 12.4 Å². The van der Waals surface area contributed by atoms with Crippen molar-refractivity contribution in [2.45, 2.75) is 77.2 Å². The number of aryl methyl sites for hydroxylation is 1. The Morgan fingerprint density at radius 3 is 2.68 bits per heavy atom. The number of oxime groups is 1. The van der Waals surface area contributed by atoms with Crippen LogP contribution in [-0.4, -0.2) is 41.6 Å². The molecule has 0 amide bonds. The fraction of sp³-hybridized carbons (Fsp3) is 0.609. The average molecular weight is 452 g/mol. The fourth-order valence-corrected chi connectivity index (χ4v) is 4.20. The van der Waals surface area contributed by atoms with Gasteiger partial charge >= 0.3 is 0 Å². The maximum atomic E-state index is 14.6. The van der Waals surface area contributed by atoms with Crippen LogP contribution in [0.5, 0.6) is 0 Å². The van der Waals surface area contributed by atoms with Gasteiger partial charge < -0.3 is 15.5 Å². The first-order chi connectivity index (χ1) is 14.6. The number of unbranched alkanes of at least 4 members (excludes halogenated alkanes) is 6. The molecule has 0 radical (unpaired) electrons. The number of hydrogen-bond acceptors (Lipinski definition) is 4. The van der Waals surface area contributed by atoms with E-state index in [9.17, 15) is 4.39 Å². The molecule has 1 aromatic carbocycles. The minimum Gasteiger partial charge on any atom is -0.388 e. The van der Waals surface area contributed by atoms with Crippen molar-refractivity contribution in [2.75, 3.05) is 13.2 Å². The highest BCUT2D eigenvalue weighted by molar-refractivity contribution is 6.10. The van der Waals surface area contributed by atoms with Gasteiger partial charge in [0.1, 0.15) is 5.82 Å². The highest BCUT2D eigenvalue weighted by Crippen LogP contribution is 2.22. The summed E-state index contributed by atoms with van der Waals surface area (Å²) in [5.74, 6) is 0.216. The standard InChI is InChI=1S/C23H34FN5O.ClH/c1-2-3-4-5-6-7-8-10-17-12-13-18(15-19(17)24)22-27-20(16-30-28-22)21-11-9-14-29(21)23(25)26;/h12-13,15,21H,2-11,14,16H2,1H3,(H3,25,26);1H/t21-;/m0./s1. The molecule has 0 spiro atoms. The minimum atomic E-state index is -0.213. The van der Waals surface area contributed by atoms with Crippen molar-refractivity contribution in [2.24, 2.45) is 15.9 Å². The smallest absolute Gasteiger partial charge is 0.198 e. The molecule has 0 bridgehead atoms. The predicted molar refractivity (Wildman–Crippen MR) is 127 cm³/mol. The van der Waals surface area contributed by atoms with Crippen LogP contribution in [0.15, 0.2) is 28.3 Å². The molecule has 1 atom stereocenters. The zero-order valence-corrected chi connectivity index (χ0v) is 19.2. The number of guanidine groups is 1. The van der Waals surface area contributed by atoms with Crippen molar-refractivity contribution in [1.82, 2.24) is 4.90 Å². The number of benzene rings is 1. The van der Waals surface area contributed by atoms with Gasteiger partial charge in [-0.3, -0.25) is 5.41 Å². The van der Waals surface area contributed by atoms with Crippen LogP contribution in [0.2, 0.25) is 0 Å². The first-order valence-corrected chi connectivity index (χ1v) is 11.3. The van der Waals surface area contributed by atoms with Gasteiger partial charge in [0.15, 0.2) is 18.4 Å². The lowest BCUT2D eigenvalue weighted by Gasteiger charge is -2.26. The lowest BCUT2D eigenvalue weighted by Crippen LogP contribution is -2.45. The van der Waals surface area contributed by atoms with E-state index in [1.54, 1.807) is 0 Å². The molecule has 8 heteroatoms. The van der Waals surface area contributed by atoms with E-state index in [1.807, 2.05) is 17.0 Å². The number of rotatable bonds is 10. The molecule has 2 heterocycles. The third-order valence-corrected chi connectivity index (χ3v) is 5.92. The van der Waals surface area contributed by atoms with Crippen molar-refractivity contribution in [3.63, 3.8) is 0 Å². The molecule has 0 unspecified atom stereocenters. The van der Waals surface area contributed by atoms with E-state index in [4.69, 9.17) is 16.0 Å². The molecule has 3 rings (SSSR count). The molecule has 0 aromatic heterocycles. The number of aliphatic imine (C=N–C) groups is 1. The van der Waals surface area contributed by atoms with Crippen molar-refractivity contribution in [3.05, 3.63) is 35.1 Å². The second-order valence-corrected chi connectivity index (χ2v) is 8.21. The summed E-state index contributed by atoms with van der Waals surface area (Å²) >= 11 is 0. The Hall–Kier alpha value is -2.15. The summed E-state index contributed by atoms with van der Waals surface area (Å²) in [4.78, 5) is 11.8. The van der Waals surface area contributed by atoms with E-state index in [2.05, 4.69) is 17.1 Å². The number of nitrogens with one attached hydrogen (secondary N) is 1. The normalized spacial score (nSPS) is 18.1. The Labute approximate surface area is 191 Å². The molecule has 3 N–H and O–H groups in total. The second kappa shape index (κ2) is 12.6. The zero-order valence-electron chi connectivity index (χ0n) is 18.4. The van der Waals surface area contributed by atoms with Gasteiger partial charge in [0.2, 0.25) is 0 Å². The lowest BCUT2D eigenvalue weighted by molar-refractivity contribution is 0.176. The quantitative estimate of drug-likeness (QED) is 0.297. The van der Waals surface area contributed by atoms with Gasteiger partial charge in [0.05, 0.1) is 11.8 Å². The number of nitrogens with two attached hydrogens (primary N) is 1. The molecule has 1 fully saturated rings. The first-order valence-electron chi connectivity index (χ1n) is 11.3. The van der Waals surface area contributed by atoms with Crippen molar-refractivity contribution in [3.8, 4) is 0 Å². The van der Waals surface area contributed by atoms with Gasteiger partial charge in [0.25, 0.3) is 0 Å². The second-order valence-electron chi connectivity index (χ2n) is 8.21. The molecule has 0 saturated carbocycles. The van der Waals surface area contributed by atoms with Crippen LogP contribution >= 0.6 is 12.4 Å². The number of nitrogens with zero attached hydrogens (tertiary/aromatic N) is 3. The Balaban J connectivity index is 0.00000341. The van der Waals surface area contributed by atoms with Gasteiger partial charge in [-0.05, 0) is 37.3 Å². The van der Waals surface area contributed by atoms with Crippen LogP contribution in [0.4, 0.5) is 4.39 Å². The molecular weight excluding hydrogens is 417 g/mol. The third kappa shape index (κ3) is 6.92. The highest BCUT2D eigenvalue weighted by atomic mass is 35.5. The average Bonchev–Trinajstić information content (AvgIpc) is 3.24. The minimum absolute atomic E-state index is 0. The molecule has 1 saturated heterocycles. The van der Waals surface area contributed by atoms with Crippen molar-refractivity contribution < 1.29 is 9.23 Å². The zero-order chi connectivity index (χ0) is 21.3. The molecule has 6 nitrogen and oxygen atoms in total. The van der Waals surface area contributed by atoms with Crippen LogP contribution in [0.1, 0.15) is 75.8 Å². The van der Waals surface area contributed by atoms with Gasteiger partial charge in [-0.1, -0.05) is 62.7 Å². The largest absolute Gasteiger partial charge is 0.388 e. The molecule has 1 aromatic rings. The van der Waals surface area contributed by atoms with Gasteiger partial charge in [-0.25, -0.2) is 9.38 Å². The van der Waals surface area contributed by atoms with Crippen LogP contribution in [0.25, 0.3) is 0 Å². The number of likely N-dealkylation sites (tertiary alicyclic amines) is 1. The Morgan fingerprint density at radius 2 is 1.97 bits per heavy atom. The Bertz CT molecular complexity index is 798. The summed E-state index contributed by atoms with van der Waals surface area (Å²) in [5.41, 5.74) is 7.84. The summed E-state index contributed by atoms with van der Waals surface area (Å²) in [6.45, 7) is 3.24. The van der Waals surface area contributed by atoms with Gasteiger partial charge in [0, 0.05) is 12.1 Å². The summed E-state index contributed by atoms with van der Waals surface area (Å²) in [6.07, 6.45) is 11.1. The van der Waals surface area contributed by atoms with Crippen LogP contribution in [0.3, 0.4) is 0 Å². The number of halogens is 2. The Kier molecular flexibility index (Phi) is 10.2. The first kappa shape index (κ1) is 25.1. The fourth-order valence-electron chi connectivity index (χ4n) is 4.20. The molecule has 2 aliphatic rings. The highest BCUT2D eigenvalue weighted by Gasteiger charge is 2.31. The third-order valence-electron chi connectivity index (χ3n) is 5.92. The number of amidine groups is 1. The van der Waals surface area contributed by atoms with E-state index in [0.29, 0.717) is 11.4 Å². The summed E-state index contributed by atoms with van der Waals surface area (Å²) in [5, 5.41) is 11.8. The molecule has 31 heavy (non-hydrogen) atoms. The molecule has 172 valence electrons. The Morgan fingerprint density at radius 1 is 1.23 bits per heavy atom. The summed E-state index contributed by atoms with van der Waals surface area (Å²) in [6, 6.07) is 5.16. The molecule has 0 aliphatic carbocycles. The maximum Gasteiger partial charge on any atom is 0.198 e. The van der Waals surface area contributed by atoms with E-state index in [0.717, 1.165) is 49.9 Å². The topological polar surface area (TPSA) is 87.1 Å². The predicted octanol–water partition coefficient (Wildman–Crippen LogP) is 5.03. The maximum absolute atomic E-state index is 14.6. The van der Waals surface area contributed by atoms with E-state index in [-0.39, 0.29) is 36.8 Å². The SMILES string of the molecule is CCCCCCCCCc1ccc(C2=NOCC([C@@H]3CCCN3C(=N)N)=N2)cc1F.Cl. The van der Waals surface area contributed by atoms with E-state index < -0.39 is 0 Å². The van der Waals surface area contributed by atoms with Crippen molar-refractivity contribution in [1.29, 1.82) is 5.41 Å². The summed E-state index contributed by atoms with van der Waals surface area (Å²) < 4.78 is 14.6. The number of hydrogen-bond donors (Lipinski definition) is 2.